The highest BCUT2D eigenvalue weighted by molar-refractivity contribution is 7.90. The maximum atomic E-state index is 13.9. The van der Waals surface area contributed by atoms with Crippen molar-refractivity contribution in [2.24, 2.45) is 0 Å². The molecule has 7 nitrogen and oxygen atoms in total. The molecule has 0 atom stereocenters. The molecule has 1 fully saturated rings. The second kappa shape index (κ2) is 8.23. The van der Waals surface area contributed by atoms with Crippen LogP contribution in [0.4, 0.5) is 23.4 Å². The summed E-state index contributed by atoms with van der Waals surface area (Å²) in [6, 6.07) is 6.46. The van der Waals surface area contributed by atoms with E-state index in [0.717, 1.165) is 24.0 Å². The molecule has 12 heteroatoms. The first-order chi connectivity index (χ1) is 15.4. The zero-order chi connectivity index (χ0) is 24.0. The molecule has 0 aliphatic carbocycles. The molecule has 0 bridgehead atoms. The Morgan fingerprint density at radius 1 is 1.06 bits per heavy atom. The number of nitrogens with zero attached hydrogens (tertiary/aromatic N) is 5. The fourth-order valence-electron chi connectivity index (χ4n) is 3.85. The van der Waals surface area contributed by atoms with E-state index in [9.17, 15) is 26.0 Å². The molecule has 2 aromatic heterocycles. The van der Waals surface area contributed by atoms with Gasteiger partial charge in [-0.2, -0.15) is 17.6 Å². The Balaban J connectivity index is 1.81. The van der Waals surface area contributed by atoms with Gasteiger partial charge in [-0.3, -0.25) is 0 Å². The Labute approximate surface area is 188 Å². The highest BCUT2D eigenvalue weighted by Gasteiger charge is 2.63. The number of fused-ring (bicyclic) bond motifs is 1. The third-order valence-corrected chi connectivity index (χ3v) is 6.77. The summed E-state index contributed by atoms with van der Waals surface area (Å²) in [6.07, 6.45) is 4.48. The lowest BCUT2D eigenvalue weighted by molar-refractivity contribution is -0.172. The molecule has 1 aromatic carbocycles. The van der Waals surface area contributed by atoms with Crippen LogP contribution in [0.3, 0.4) is 0 Å². The van der Waals surface area contributed by atoms with Crippen LogP contribution in [0.1, 0.15) is 31.2 Å². The first-order valence-corrected chi connectivity index (χ1v) is 12.3. The summed E-state index contributed by atoms with van der Waals surface area (Å²) in [5.74, 6) is -8.12. The van der Waals surface area contributed by atoms with E-state index in [1.54, 1.807) is 22.8 Å². The van der Waals surface area contributed by atoms with Crippen molar-refractivity contribution in [1.29, 1.82) is 0 Å². The number of rotatable bonds is 7. The van der Waals surface area contributed by atoms with Gasteiger partial charge >= 0.3 is 11.8 Å². The van der Waals surface area contributed by atoms with Crippen molar-refractivity contribution in [2.75, 3.05) is 24.2 Å². The largest absolute Gasteiger partial charge is 0.342 e. The van der Waals surface area contributed by atoms with Crippen LogP contribution in [-0.2, 0) is 22.8 Å². The molecule has 0 spiro atoms. The first-order valence-electron chi connectivity index (χ1n) is 10.4. The molecule has 1 aliphatic heterocycles. The summed E-state index contributed by atoms with van der Waals surface area (Å²) in [6.45, 7) is -0.296. The lowest BCUT2D eigenvalue weighted by atomic mass is 10.2. The Morgan fingerprint density at radius 2 is 1.73 bits per heavy atom. The summed E-state index contributed by atoms with van der Waals surface area (Å²) < 4.78 is 81.5. The number of hydrogen-bond acceptors (Lipinski definition) is 6. The van der Waals surface area contributed by atoms with E-state index in [-0.39, 0.29) is 28.4 Å². The number of aryl methyl sites for hydroxylation is 1. The van der Waals surface area contributed by atoms with E-state index in [2.05, 4.69) is 15.0 Å². The Kier molecular flexibility index (Phi) is 5.83. The lowest BCUT2D eigenvalue weighted by Crippen LogP contribution is -2.38. The van der Waals surface area contributed by atoms with Crippen molar-refractivity contribution in [2.45, 2.75) is 49.5 Å². The van der Waals surface area contributed by atoms with Crippen molar-refractivity contribution in [3.05, 3.63) is 42.0 Å². The highest BCUT2D eigenvalue weighted by Crippen LogP contribution is 2.43. The van der Waals surface area contributed by atoms with Crippen molar-refractivity contribution in [3.63, 3.8) is 0 Å². The number of anilines is 1. The average Bonchev–Trinajstić information content (AvgIpc) is 3.22. The summed E-state index contributed by atoms with van der Waals surface area (Å²) in [7, 11) is -3.50. The van der Waals surface area contributed by atoms with E-state index >= 15 is 0 Å². The van der Waals surface area contributed by atoms with Gasteiger partial charge in [-0.25, -0.2) is 23.4 Å². The van der Waals surface area contributed by atoms with Gasteiger partial charge in [0.25, 0.3) is 0 Å². The maximum Gasteiger partial charge on any atom is 0.329 e. The number of sulfone groups is 1. The van der Waals surface area contributed by atoms with Gasteiger partial charge < -0.3 is 9.47 Å². The molecule has 1 aliphatic rings. The predicted molar refractivity (Wildman–Crippen MR) is 115 cm³/mol. The van der Waals surface area contributed by atoms with E-state index in [4.69, 9.17) is 0 Å². The topological polar surface area (TPSA) is 81.0 Å². The lowest BCUT2D eigenvalue weighted by Gasteiger charge is -2.17. The third kappa shape index (κ3) is 4.40. The molecular formula is C21H23F4N5O2S. The summed E-state index contributed by atoms with van der Waals surface area (Å²) in [5.41, 5.74) is 0.877. The van der Waals surface area contributed by atoms with Crippen molar-refractivity contribution >= 4 is 26.8 Å². The van der Waals surface area contributed by atoms with Crippen LogP contribution in [0.5, 0.6) is 0 Å². The Bertz CT molecular complexity index is 1280. The molecule has 0 radical (unpaired) electrons. The van der Waals surface area contributed by atoms with Gasteiger partial charge in [-0.05, 0) is 18.1 Å². The first kappa shape index (κ1) is 23.4. The van der Waals surface area contributed by atoms with Crippen LogP contribution >= 0.6 is 0 Å². The molecule has 1 saturated heterocycles. The molecule has 0 saturated carbocycles. The fourth-order valence-corrected chi connectivity index (χ4v) is 4.79. The smallest absolute Gasteiger partial charge is 0.329 e. The zero-order valence-electron chi connectivity index (χ0n) is 18.1. The minimum Gasteiger partial charge on any atom is -0.342 e. The normalized spacial score (nSPS) is 17.7. The van der Waals surface area contributed by atoms with E-state index in [1.165, 1.54) is 12.4 Å². The van der Waals surface area contributed by atoms with Gasteiger partial charge in [0.05, 0.1) is 30.9 Å². The van der Waals surface area contributed by atoms with Gasteiger partial charge in [0.15, 0.2) is 26.8 Å². The van der Waals surface area contributed by atoms with Crippen molar-refractivity contribution in [3.8, 4) is 0 Å². The quantitative estimate of drug-likeness (QED) is 0.475. The monoisotopic (exact) mass is 485 g/mol. The Hall–Kier alpha value is -2.76. The number of unbranched alkanes of at least 4 members (excludes halogenated alkanes) is 1. The minimum absolute atomic E-state index is 0.0712. The molecule has 0 unspecified atom stereocenters. The van der Waals surface area contributed by atoms with Gasteiger partial charge in [-0.15, -0.1) is 0 Å². The summed E-state index contributed by atoms with van der Waals surface area (Å²) >= 11 is 0. The van der Waals surface area contributed by atoms with Gasteiger partial charge in [0.2, 0.25) is 0 Å². The van der Waals surface area contributed by atoms with Crippen LogP contribution in [-0.4, -0.2) is 59.1 Å². The number of alkyl halides is 4. The standard InChI is InChI=1S/C21H23F4N5O2S/c1-3-4-9-16-27-18-17(19(28-16)30-11-20(22,23)21(24,25)12-30)26-13-29(18)10-14-7-5-6-8-15(14)33(2,31)32/h5-8,13H,3-4,9-12H2,1-2H3. The van der Waals surface area contributed by atoms with Gasteiger partial charge in [-0.1, -0.05) is 31.5 Å². The van der Waals surface area contributed by atoms with Crippen LogP contribution in [0.2, 0.25) is 0 Å². The second-order valence-corrected chi connectivity index (χ2v) is 10.2. The van der Waals surface area contributed by atoms with Crippen LogP contribution in [0, 0.1) is 0 Å². The van der Waals surface area contributed by atoms with Crippen LogP contribution < -0.4 is 4.90 Å². The molecule has 0 amide bonds. The van der Waals surface area contributed by atoms with E-state index < -0.39 is 34.8 Å². The maximum absolute atomic E-state index is 13.9. The number of benzene rings is 1. The number of aromatic nitrogens is 4. The van der Waals surface area contributed by atoms with Crippen molar-refractivity contribution < 1.29 is 26.0 Å². The van der Waals surface area contributed by atoms with E-state index in [0.29, 0.717) is 17.8 Å². The number of imidazole rings is 1. The molecular weight excluding hydrogens is 462 g/mol. The summed E-state index contributed by atoms with van der Waals surface area (Å²) in [4.78, 5) is 14.0. The molecule has 4 rings (SSSR count). The third-order valence-electron chi connectivity index (χ3n) is 5.57. The zero-order valence-corrected chi connectivity index (χ0v) is 18.9. The van der Waals surface area contributed by atoms with Crippen LogP contribution in [0.25, 0.3) is 11.2 Å². The van der Waals surface area contributed by atoms with Crippen molar-refractivity contribution in [1.82, 2.24) is 19.5 Å². The van der Waals surface area contributed by atoms with E-state index in [1.807, 2.05) is 6.92 Å². The SMILES string of the molecule is CCCCc1nc(N2CC(F)(F)C(F)(F)C2)c2ncn(Cc3ccccc3S(C)(=O)=O)c2n1. The number of hydrogen-bond donors (Lipinski definition) is 0. The average molecular weight is 486 g/mol. The molecule has 178 valence electrons. The summed E-state index contributed by atoms with van der Waals surface area (Å²) in [5, 5.41) is 0. The second-order valence-electron chi connectivity index (χ2n) is 8.26. The molecule has 3 heterocycles. The van der Waals surface area contributed by atoms with Gasteiger partial charge in [0.1, 0.15) is 5.82 Å². The van der Waals surface area contributed by atoms with Gasteiger partial charge in [0, 0.05) is 12.7 Å². The number of halogens is 4. The molecule has 3 aromatic rings. The highest BCUT2D eigenvalue weighted by atomic mass is 32.2. The van der Waals surface area contributed by atoms with Crippen LogP contribution in [0.15, 0.2) is 35.5 Å². The fraction of sp³-hybridized carbons (Fsp3) is 0.476. The minimum atomic E-state index is -4.19. The molecule has 33 heavy (non-hydrogen) atoms. The predicted octanol–water partition coefficient (Wildman–Crippen LogP) is 3.71. The molecule has 0 N–H and O–H groups in total. The Morgan fingerprint density at radius 3 is 2.36 bits per heavy atom.